The Hall–Kier alpha value is -0.890. The minimum atomic E-state index is 0.0733. The first-order chi connectivity index (χ1) is 9.49. The molecule has 1 aliphatic carbocycles. The summed E-state index contributed by atoms with van der Waals surface area (Å²) in [5.41, 5.74) is 2.61. The Kier molecular flexibility index (Phi) is 4.85. The van der Waals surface area contributed by atoms with E-state index in [1.165, 1.54) is 11.1 Å². The molecule has 2 nitrogen and oxygen atoms in total. The molecule has 0 N–H and O–H groups in total. The standard InChI is InChI=1S/C17H25ClO2/c1-5-7-19-15-9-12-13(10-16(15)20-8-6-2)17(3,4)11-14(12)18/h9-10,14H,5-8,11H2,1-4H3. The Labute approximate surface area is 127 Å². The highest BCUT2D eigenvalue weighted by molar-refractivity contribution is 6.21. The lowest BCUT2D eigenvalue weighted by atomic mass is 9.86. The predicted molar refractivity (Wildman–Crippen MR) is 84.3 cm³/mol. The average Bonchev–Trinajstić information content (AvgIpc) is 2.63. The molecule has 0 amide bonds. The van der Waals surface area contributed by atoms with Crippen LogP contribution in [0.2, 0.25) is 0 Å². The third kappa shape index (κ3) is 3.06. The van der Waals surface area contributed by atoms with Gasteiger partial charge in [0, 0.05) is 0 Å². The van der Waals surface area contributed by atoms with E-state index in [1.807, 2.05) is 0 Å². The molecule has 1 unspecified atom stereocenters. The first kappa shape index (κ1) is 15.5. The summed E-state index contributed by atoms with van der Waals surface area (Å²) in [5, 5.41) is 0.0733. The SMILES string of the molecule is CCCOc1cc2c(cc1OCCC)C(C)(C)CC2Cl. The highest BCUT2D eigenvalue weighted by atomic mass is 35.5. The van der Waals surface area contributed by atoms with E-state index in [0.717, 1.165) is 30.8 Å². The second-order valence-corrected chi connectivity index (χ2v) is 6.67. The maximum atomic E-state index is 6.49. The molecule has 0 heterocycles. The number of hydrogen-bond donors (Lipinski definition) is 0. The van der Waals surface area contributed by atoms with Crippen LogP contribution in [-0.4, -0.2) is 13.2 Å². The van der Waals surface area contributed by atoms with Crippen LogP contribution in [-0.2, 0) is 5.41 Å². The summed E-state index contributed by atoms with van der Waals surface area (Å²) < 4.78 is 11.7. The van der Waals surface area contributed by atoms with Crippen LogP contribution < -0.4 is 9.47 Å². The van der Waals surface area contributed by atoms with Gasteiger partial charge in [-0.25, -0.2) is 0 Å². The van der Waals surface area contributed by atoms with E-state index in [9.17, 15) is 0 Å². The fraction of sp³-hybridized carbons (Fsp3) is 0.647. The number of halogens is 1. The third-order valence-electron chi connectivity index (χ3n) is 3.80. The van der Waals surface area contributed by atoms with Crippen LogP contribution in [0.25, 0.3) is 0 Å². The number of ether oxygens (including phenoxy) is 2. The zero-order valence-electron chi connectivity index (χ0n) is 13.0. The number of rotatable bonds is 6. The van der Waals surface area contributed by atoms with Crippen molar-refractivity contribution < 1.29 is 9.47 Å². The van der Waals surface area contributed by atoms with Crippen molar-refractivity contribution >= 4 is 11.6 Å². The average molecular weight is 297 g/mol. The Morgan fingerprint density at radius 1 is 1.10 bits per heavy atom. The molecule has 20 heavy (non-hydrogen) atoms. The molecule has 0 saturated heterocycles. The normalized spacial score (nSPS) is 19.8. The van der Waals surface area contributed by atoms with Gasteiger partial charge < -0.3 is 9.47 Å². The quantitative estimate of drug-likeness (QED) is 0.670. The number of alkyl halides is 1. The molecular formula is C17H25ClO2. The second kappa shape index (κ2) is 6.26. The van der Waals surface area contributed by atoms with Crippen molar-refractivity contribution in [3.63, 3.8) is 0 Å². The molecule has 1 atom stereocenters. The van der Waals surface area contributed by atoms with Gasteiger partial charge in [-0.1, -0.05) is 27.7 Å². The maximum absolute atomic E-state index is 6.49. The smallest absolute Gasteiger partial charge is 0.161 e. The molecule has 3 heteroatoms. The minimum Gasteiger partial charge on any atom is -0.490 e. The predicted octanol–water partition coefficient (Wildman–Crippen LogP) is 5.23. The van der Waals surface area contributed by atoms with E-state index in [0.29, 0.717) is 13.2 Å². The van der Waals surface area contributed by atoms with E-state index in [-0.39, 0.29) is 10.8 Å². The van der Waals surface area contributed by atoms with Crippen molar-refractivity contribution in [3.05, 3.63) is 23.3 Å². The van der Waals surface area contributed by atoms with Gasteiger partial charge in [0.15, 0.2) is 11.5 Å². The second-order valence-electron chi connectivity index (χ2n) is 6.14. The van der Waals surface area contributed by atoms with Crippen LogP contribution in [0.1, 0.15) is 63.5 Å². The summed E-state index contributed by atoms with van der Waals surface area (Å²) in [7, 11) is 0. The van der Waals surface area contributed by atoms with Crippen molar-refractivity contribution in [1.29, 1.82) is 0 Å². The summed E-state index contributed by atoms with van der Waals surface area (Å²) in [4.78, 5) is 0. The van der Waals surface area contributed by atoms with E-state index >= 15 is 0 Å². The Balaban J connectivity index is 2.38. The van der Waals surface area contributed by atoms with Crippen molar-refractivity contribution in [3.8, 4) is 11.5 Å². The first-order valence-corrected chi connectivity index (χ1v) is 8.01. The minimum absolute atomic E-state index is 0.0733. The van der Waals surface area contributed by atoms with Gasteiger partial charge in [0.2, 0.25) is 0 Å². The van der Waals surface area contributed by atoms with E-state index < -0.39 is 0 Å². The number of fused-ring (bicyclic) bond motifs is 1. The zero-order valence-corrected chi connectivity index (χ0v) is 13.7. The lowest BCUT2D eigenvalue weighted by Crippen LogP contribution is -2.12. The molecule has 1 aromatic carbocycles. The summed E-state index contributed by atoms with van der Waals surface area (Å²) >= 11 is 6.49. The molecule has 0 bridgehead atoms. The molecule has 0 spiro atoms. The van der Waals surface area contributed by atoms with Gasteiger partial charge in [0.1, 0.15) is 0 Å². The van der Waals surface area contributed by atoms with Gasteiger partial charge in [-0.3, -0.25) is 0 Å². The highest BCUT2D eigenvalue weighted by Crippen LogP contribution is 2.51. The van der Waals surface area contributed by atoms with Crippen LogP contribution in [0.15, 0.2) is 12.1 Å². The van der Waals surface area contributed by atoms with Crippen LogP contribution in [0, 0.1) is 0 Å². The van der Waals surface area contributed by atoms with Gasteiger partial charge >= 0.3 is 0 Å². The lowest BCUT2D eigenvalue weighted by Gasteiger charge is -2.21. The maximum Gasteiger partial charge on any atom is 0.161 e. The van der Waals surface area contributed by atoms with Crippen molar-refractivity contribution in [2.45, 2.75) is 57.7 Å². The summed E-state index contributed by atoms with van der Waals surface area (Å²) in [6, 6.07) is 4.22. The zero-order chi connectivity index (χ0) is 14.8. The first-order valence-electron chi connectivity index (χ1n) is 7.57. The molecule has 1 aromatic rings. The molecule has 2 rings (SSSR count). The van der Waals surface area contributed by atoms with E-state index in [2.05, 4.69) is 39.8 Å². The molecule has 0 radical (unpaired) electrons. The largest absolute Gasteiger partial charge is 0.490 e. The molecular weight excluding hydrogens is 272 g/mol. The summed E-state index contributed by atoms with van der Waals surface area (Å²) in [6.07, 6.45) is 2.94. The summed E-state index contributed by atoms with van der Waals surface area (Å²) in [5.74, 6) is 1.69. The van der Waals surface area contributed by atoms with Gasteiger partial charge in [-0.05, 0) is 47.9 Å². The van der Waals surface area contributed by atoms with E-state index in [4.69, 9.17) is 21.1 Å². The van der Waals surface area contributed by atoms with Crippen LogP contribution in [0.5, 0.6) is 11.5 Å². The molecule has 1 aliphatic rings. The lowest BCUT2D eigenvalue weighted by molar-refractivity contribution is 0.267. The van der Waals surface area contributed by atoms with Gasteiger partial charge in [0.25, 0.3) is 0 Å². The number of benzene rings is 1. The van der Waals surface area contributed by atoms with Crippen molar-refractivity contribution in [1.82, 2.24) is 0 Å². The fourth-order valence-electron chi connectivity index (χ4n) is 2.74. The third-order valence-corrected chi connectivity index (χ3v) is 4.18. The van der Waals surface area contributed by atoms with Crippen molar-refractivity contribution in [2.75, 3.05) is 13.2 Å². The fourth-order valence-corrected chi connectivity index (χ4v) is 3.30. The highest BCUT2D eigenvalue weighted by Gasteiger charge is 2.37. The Morgan fingerprint density at radius 2 is 1.65 bits per heavy atom. The van der Waals surface area contributed by atoms with Gasteiger partial charge in [0.05, 0.1) is 18.6 Å². The Bertz CT molecular complexity index is 468. The van der Waals surface area contributed by atoms with Gasteiger partial charge in [-0.15, -0.1) is 11.6 Å². The van der Waals surface area contributed by atoms with E-state index in [1.54, 1.807) is 0 Å². The topological polar surface area (TPSA) is 18.5 Å². The van der Waals surface area contributed by atoms with Crippen LogP contribution >= 0.6 is 11.6 Å². The molecule has 0 aliphatic heterocycles. The Morgan fingerprint density at radius 3 is 2.20 bits per heavy atom. The number of hydrogen-bond acceptors (Lipinski definition) is 2. The summed E-state index contributed by atoms with van der Waals surface area (Å²) in [6.45, 7) is 10.1. The molecule has 0 aromatic heterocycles. The molecule has 112 valence electrons. The van der Waals surface area contributed by atoms with Crippen LogP contribution in [0.4, 0.5) is 0 Å². The molecule has 0 saturated carbocycles. The van der Waals surface area contributed by atoms with Crippen LogP contribution in [0.3, 0.4) is 0 Å². The van der Waals surface area contributed by atoms with Gasteiger partial charge in [-0.2, -0.15) is 0 Å². The molecule has 0 fully saturated rings. The monoisotopic (exact) mass is 296 g/mol. The van der Waals surface area contributed by atoms with Crippen molar-refractivity contribution in [2.24, 2.45) is 0 Å².